The monoisotopic (exact) mass is 215 g/mol. The highest BCUT2D eigenvalue weighted by atomic mass is 32.2. The Morgan fingerprint density at radius 3 is 2.36 bits per heavy atom. The molecule has 0 aliphatic rings. The summed E-state index contributed by atoms with van der Waals surface area (Å²) in [5.41, 5.74) is 0.748. The molecule has 0 aliphatic carbocycles. The van der Waals surface area contributed by atoms with Crippen LogP contribution in [0.3, 0.4) is 0 Å². The summed E-state index contributed by atoms with van der Waals surface area (Å²) in [6.45, 7) is 4.99. The second-order valence-electron chi connectivity index (χ2n) is 3.26. The van der Waals surface area contributed by atoms with Crippen molar-refractivity contribution in [2.75, 3.05) is 4.72 Å². The van der Waals surface area contributed by atoms with Gasteiger partial charge in [-0.3, -0.25) is 4.72 Å². The number of aromatic nitrogens is 2. The Bertz CT molecular complexity index is 397. The third kappa shape index (κ3) is 2.66. The highest BCUT2D eigenvalue weighted by molar-refractivity contribution is 7.93. The summed E-state index contributed by atoms with van der Waals surface area (Å²) in [6.07, 6.45) is 0. The van der Waals surface area contributed by atoms with Crippen molar-refractivity contribution in [2.45, 2.75) is 26.0 Å². The number of sulfonamides is 1. The fourth-order valence-corrected chi connectivity index (χ4v) is 1.35. The predicted molar refractivity (Wildman–Crippen MR) is 54.4 cm³/mol. The minimum Gasteiger partial charge on any atom is -0.266 e. The van der Waals surface area contributed by atoms with E-state index in [0.717, 1.165) is 5.69 Å². The quantitative estimate of drug-likeness (QED) is 0.814. The van der Waals surface area contributed by atoms with Crippen molar-refractivity contribution in [1.82, 2.24) is 10.2 Å². The van der Waals surface area contributed by atoms with Gasteiger partial charge < -0.3 is 0 Å². The molecule has 0 aliphatic heterocycles. The molecule has 0 aromatic carbocycles. The number of nitrogens with zero attached hydrogens (tertiary/aromatic N) is 2. The molecular weight excluding hydrogens is 202 g/mol. The van der Waals surface area contributed by atoms with Gasteiger partial charge >= 0.3 is 0 Å². The first-order valence-electron chi connectivity index (χ1n) is 4.24. The van der Waals surface area contributed by atoms with Crippen molar-refractivity contribution >= 4 is 15.8 Å². The van der Waals surface area contributed by atoms with Crippen molar-refractivity contribution in [1.29, 1.82) is 0 Å². The van der Waals surface area contributed by atoms with Crippen LogP contribution in [0.15, 0.2) is 12.1 Å². The van der Waals surface area contributed by atoms with E-state index in [2.05, 4.69) is 14.9 Å². The number of aryl methyl sites for hydroxylation is 1. The number of hydrogen-bond acceptors (Lipinski definition) is 4. The molecule has 1 aromatic rings. The molecule has 0 amide bonds. The average Bonchev–Trinajstić information content (AvgIpc) is 2.08. The summed E-state index contributed by atoms with van der Waals surface area (Å²) in [5.74, 6) is 0.254. The third-order valence-electron chi connectivity index (χ3n) is 1.67. The smallest absolute Gasteiger partial charge is 0.236 e. The van der Waals surface area contributed by atoms with Crippen LogP contribution in [-0.2, 0) is 10.0 Å². The van der Waals surface area contributed by atoms with Crippen LogP contribution in [-0.4, -0.2) is 23.9 Å². The van der Waals surface area contributed by atoms with Gasteiger partial charge in [-0.05, 0) is 32.9 Å². The van der Waals surface area contributed by atoms with Gasteiger partial charge in [-0.1, -0.05) is 0 Å². The highest BCUT2D eigenvalue weighted by Crippen LogP contribution is 2.07. The zero-order valence-corrected chi connectivity index (χ0v) is 9.17. The molecule has 0 radical (unpaired) electrons. The molecule has 0 bridgehead atoms. The van der Waals surface area contributed by atoms with Crippen molar-refractivity contribution in [3.63, 3.8) is 0 Å². The van der Waals surface area contributed by atoms with Crippen molar-refractivity contribution in [3.05, 3.63) is 17.8 Å². The second kappa shape index (κ2) is 3.91. The van der Waals surface area contributed by atoms with E-state index in [4.69, 9.17) is 0 Å². The van der Waals surface area contributed by atoms with Gasteiger partial charge in [-0.15, -0.1) is 5.10 Å². The second-order valence-corrected chi connectivity index (χ2v) is 5.49. The van der Waals surface area contributed by atoms with E-state index in [-0.39, 0.29) is 5.82 Å². The summed E-state index contributed by atoms with van der Waals surface area (Å²) < 4.78 is 25.2. The molecular formula is C8H13N3O2S. The Kier molecular flexibility index (Phi) is 3.05. The van der Waals surface area contributed by atoms with Crippen molar-refractivity contribution in [2.24, 2.45) is 0 Å². The summed E-state index contributed by atoms with van der Waals surface area (Å²) in [5, 5.41) is 6.97. The molecule has 1 N–H and O–H groups in total. The van der Waals surface area contributed by atoms with Crippen molar-refractivity contribution < 1.29 is 8.42 Å². The molecule has 0 saturated heterocycles. The minimum atomic E-state index is -3.32. The maximum absolute atomic E-state index is 11.4. The van der Waals surface area contributed by atoms with E-state index < -0.39 is 15.3 Å². The van der Waals surface area contributed by atoms with Gasteiger partial charge in [-0.25, -0.2) is 8.42 Å². The van der Waals surface area contributed by atoms with Crippen LogP contribution >= 0.6 is 0 Å². The number of rotatable bonds is 3. The fourth-order valence-electron chi connectivity index (χ4n) is 0.717. The van der Waals surface area contributed by atoms with Crippen LogP contribution in [0.1, 0.15) is 19.5 Å². The summed E-state index contributed by atoms with van der Waals surface area (Å²) in [7, 11) is -3.32. The highest BCUT2D eigenvalue weighted by Gasteiger charge is 2.15. The molecule has 0 fully saturated rings. The molecule has 1 aromatic heterocycles. The minimum absolute atomic E-state index is 0.254. The lowest BCUT2D eigenvalue weighted by atomic mass is 10.4. The lowest BCUT2D eigenvalue weighted by Gasteiger charge is -2.08. The first kappa shape index (κ1) is 10.9. The molecule has 5 nitrogen and oxygen atoms in total. The fraction of sp³-hybridized carbons (Fsp3) is 0.500. The molecule has 1 heterocycles. The Morgan fingerprint density at radius 1 is 1.29 bits per heavy atom. The molecule has 78 valence electrons. The van der Waals surface area contributed by atoms with E-state index in [1.54, 1.807) is 32.9 Å². The zero-order chi connectivity index (χ0) is 10.8. The Balaban J connectivity index is 2.85. The summed E-state index contributed by atoms with van der Waals surface area (Å²) in [6, 6.07) is 3.29. The van der Waals surface area contributed by atoms with Crippen molar-refractivity contribution in [3.8, 4) is 0 Å². The zero-order valence-electron chi connectivity index (χ0n) is 8.35. The van der Waals surface area contributed by atoms with Gasteiger partial charge in [0, 0.05) is 0 Å². The first-order chi connectivity index (χ1) is 6.42. The number of anilines is 1. The average molecular weight is 215 g/mol. The van der Waals surface area contributed by atoms with Crippen LogP contribution in [0, 0.1) is 6.92 Å². The standard InChI is InChI=1S/C8H13N3O2S/c1-6(2)14(12,13)11-8-5-4-7(3)9-10-8/h4-6H,1-3H3,(H,10,11). The molecule has 1 rings (SSSR count). The predicted octanol–water partition coefficient (Wildman–Crippen LogP) is 0.935. The normalized spacial score (nSPS) is 11.7. The van der Waals surface area contributed by atoms with Gasteiger partial charge in [0.15, 0.2) is 5.82 Å². The number of nitrogens with one attached hydrogen (secondary N) is 1. The van der Waals surface area contributed by atoms with Gasteiger partial charge in [0.2, 0.25) is 10.0 Å². The van der Waals surface area contributed by atoms with Gasteiger partial charge in [-0.2, -0.15) is 5.10 Å². The summed E-state index contributed by atoms with van der Waals surface area (Å²) >= 11 is 0. The first-order valence-corrected chi connectivity index (χ1v) is 5.78. The molecule has 6 heteroatoms. The van der Waals surface area contributed by atoms with Crippen LogP contribution in [0.25, 0.3) is 0 Å². The van der Waals surface area contributed by atoms with Gasteiger partial charge in [0.05, 0.1) is 10.9 Å². The summed E-state index contributed by atoms with van der Waals surface area (Å²) in [4.78, 5) is 0. The van der Waals surface area contributed by atoms with Crippen LogP contribution in [0.5, 0.6) is 0 Å². The largest absolute Gasteiger partial charge is 0.266 e. The Hall–Kier alpha value is -1.17. The topological polar surface area (TPSA) is 72.0 Å². The Labute approximate surface area is 83.6 Å². The van der Waals surface area contributed by atoms with E-state index >= 15 is 0 Å². The molecule has 0 atom stereocenters. The lowest BCUT2D eigenvalue weighted by Crippen LogP contribution is -2.23. The van der Waals surface area contributed by atoms with E-state index in [1.807, 2.05) is 0 Å². The maximum atomic E-state index is 11.4. The lowest BCUT2D eigenvalue weighted by molar-refractivity contribution is 0.592. The van der Waals surface area contributed by atoms with E-state index in [0.29, 0.717) is 0 Å². The molecule has 0 spiro atoms. The maximum Gasteiger partial charge on any atom is 0.236 e. The van der Waals surface area contributed by atoms with Crippen LogP contribution in [0.2, 0.25) is 0 Å². The molecule has 14 heavy (non-hydrogen) atoms. The number of hydrogen-bond donors (Lipinski definition) is 1. The van der Waals surface area contributed by atoms with E-state index in [9.17, 15) is 8.42 Å². The van der Waals surface area contributed by atoms with E-state index in [1.165, 1.54) is 0 Å². The molecule has 0 unspecified atom stereocenters. The van der Waals surface area contributed by atoms with Gasteiger partial charge in [0.1, 0.15) is 0 Å². The Morgan fingerprint density at radius 2 is 1.93 bits per heavy atom. The SMILES string of the molecule is Cc1ccc(NS(=O)(=O)C(C)C)nn1. The van der Waals surface area contributed by atoms with Crippen LogP contribution in [0.4, 0.5) is 5.82 Å². The molecule has 0 saturated carbocycles. The van der Waals surface area contributed by atoms with Gasteiger partial charge in [0.25, 0.3) is 0 Å². The third-order valence-corrected chi connectivity index (χ3v) is 3.40. The van der Waals surface area contributed by atoms with Crippen LogP contribution < -0.4 is 4.72 Å².